The average molecular weight is 419 g/mol. The number of rotatable bonds is 2. The van der Waals surface area contributed by atoms with Crippen LogP contribution in [0.3, 0.4) is 0 Å². The van der Waals surface area contributed by atoms with E-state index >= 15 is 0 Å². The number of pyridine rings is 1. The summed E-state index contributed by atoms with van der Waals surface area (Å²) in [5.74, 6) is -0.0761. The third-order valence-electron chi connectivity index (χ3n) is 2.89. The predicted molar refractivity (Wildman–Crippen MR) is 93.8 cm³/mol. The quantitative estimate of drug-likeness (QED) is 0.225. The van der Waals surface area contributed by atoms with Crippen molar-refractivity contribution in [1.82, 2.24) is 10.5 Å². The Kier molecular flexibility index (Phi) is 15.1. The Hall–Kier alpha value is -1.63. The number of carbonyl (C=O) groups is 1. The molecule has 0 unspecified atom stereocenters. The predicted octanol–water partition coefficient (Wildman–Crippen LogP) is 3.43. The summed E-state index contributed by atoms with van der Waals surface area (Å²) in [4.78, 5) is 15.3. The molecule has 0 saturated carbocycles. The molecule has 1 aromatic rings. The summed E-state index contributed by atoms with van der Waals surface area (Å²) in [5, 5.41) is 19.9. The molecule has 0 atom stereocenters. The third kappa shape index (κ3) is 8.86. The van der Waals surface area contributed by atoms with Gasteiger partial charge in [0.15, 0.2) is 0 Å². The van der Waals surface area contributed by atoms with E-state index < -0.39 is 0 Å². The van der Waals surface area contributed by atoms with Crippen LogP contribution in [0.1, 0.15) is 40.3 Å². The Labute approximate surface area is 174 Å². The van der Waals surface area contributed by atoms with Gasteiger partial charge in [-0.2, -0.15) is 18.2 Å². The number of nitrogens with one attached hydrogen (secondary N) is 1. The number of aromatic nitrogens is 1. The summed E-state index contributed by atoms with van der Waals surface area (Å²) in [7, 11) is 0. The van der Waals surface area contributed by atoms with Gasteiger partial charge >= 0.3 is 0 Å². The molecule has 1 aromatic heterocycles. The topological polar surface area (TPSA) is 94.8 Å². The van der Waals surface area contributed by atoms with E-state index in [0.717, 1.165) is 0 Å². The second kappa shape index (κ2) is 14.7. The van der Waals surface area contributed by atoms with E-state index in [4.69, 9.17) is 10.4 Å². The van der Waals surface area contributed by atoms with Gasteiger partial charge in [0.2, 0.25) is 0 Å². The van der Waals surface area contributed by atoms with Gasteiger partial charge in [-0.05, 0) is 31.7 Å². The monoisotopic (exact) mass is 419 g/mol. The summed E-state index contributed by atoms with van der Waals surface area (Å²) in [6.07, 6.45) is 7.64. The number of Topliss-reactive ketones (excluding diaryl/α,β-unsaturated/α-hetero) is 1. The SMILES string of the molecule is C/C(=N/O)c1ccccn1.CC.CC1=C[C-]=CC(=C(C)NO)C1=O.[Y]. The van der Waals surface area contributed by atoms with Crippen molar-refractivity contribution in [2.24, 2.45) is 5.16 Å². The van der Waals surface area contributed by atoms with Gasteiger partial charge in [-0.3, -0.25) is 15.7 Å². The van der Waals surface area contributed by atoms with Crippen molar-refractivity contribution in [2.45, 2.75) is 34.6 Å². The Balaban J connectivity index is 0. The van der Waals surface area contributed by atoms with Crippen LogP contribution in [0.25, 0.3) is 0 Å². The van der Waals surface area contributed by atoms with Crippen LogP contribution < -0.4 is 5.48 Å². The van der Waals surface area contributed by atoms with Crippen molar-refractivity contribution in [2.75, 3.05) is 0 Å². The van der Waals surface area contributed by atoms with Gasteiger partial charge in [-0.25, -0.2) is 0 Å². The first-order valence-electron chi connectivity index (χ1n) is 7.53. The maximum Gasteiger partial charge on any atom is 0.102 e. The second-order valence-corrected chi connectivity index (χ2v) is 4.52. The number of nitrogens with zero attached hydrogens (tertiary/aromatic N) is 2. The number of ketones is 1. The molecule has 2 rings (SSSR count). The van der Waals surface area contributed by atoms with Crippen molar-refractivity contribution in [3.63, 3.8) is 0 Å². The first kappa shape index (κ1) is 25.6. The number of allylic oxidation sites excluding steroid dienone is 6. The van der Waals surface area contributed by atoms with E-state index in [-0.39, 0.29) is 38.5 Å². The molecule has 0 aliphatic heterocycles. The molecule has 0 spiro atoms. The van der Waals surface area contributed by atoms with E-state index in [1.165, 1.54) is 0 Å². The van der Waals surface area contributed by atoms with Crippen molar-refractivity contribution in [3.8, 4) is 0 Å². The van der Waals surface area contributed by atoms with E-state index in [1.54, 1.807) is 45.2 Å². The second-order valence-electron chi connectivity index (χ2n) is 4.52. The molecular formula is C18H24N3O3Y-. The van der Waals surface area contributed by atoms with Crippen LogP contribution in [0.5, 0.6) is 0 Å². The summed E-state index contributed by atoms with van der Waals surface area (Å²) in [6.45, 7) is 9.04. The zero-order chi connectivity index (χ0) is 18.5. The zero-order valence-electron chi connectivity index (χ0n) is 15.2. The minimum atomic E-state index is -0.0761. The summed E-state index contributed by atoms with van der Waals surface area (Å²) in [6, 6.07) is 5.44. The summed E-state index contributed by atoms with van der Waals surface area (Å²) in [5.41, 5.74) is 4.70. The number of hydroxylamine groups is 1. The van der Waals surface area contributed by atoms with Crippen LogP contribution in [-0.2, 0) is 37.5 Å². The van der Waals surface area contributed by atoms with Crippen molar-refractivity contribution < 1.29 is 47.9 Å². The van der Waals surface area contributed by atoms with Crippen LogP contribution in [-0.4, -0.2) is 26.9 Å². The van der Waals surface area contributed by atoms with Gasteiger partial charge < -0.3 is 10.0 Å². The molecule has 6 nitrogen and oxygen atoms in total. The van der Waals surface area contributed by atoms with Gasteiger partial charge in [0.25, 0.3) is 0 Å². The first-order chi connectivity index (χ1) is 11.5. The van der Waals surface area contributed by atoms with E-state index in [2.05, 4.69) is 16.2 Å². The Bertz CT molecular complexity index is 651. The molecule has 0 aromatic carbocycles. The van der Waals surface area contributed by atoms with Crippen molar-refractivity contribution in [3.05, 3.63) is 65.2 Å². The third-order valence-corrected chi connectivity index (χ3v) is 2.89. The maximum atomic E-state index is 11.4. The summed E-state index contributed by atoms with van der Waals surface area (Å²) >= 11 is 0. The fraction of sp³-hybridized carbons (Fsp3) is 0.278. The molecule has 1 radical (unpaired) electrons. The Morgan fingerprint density at radius 3 is 2.40 bits per heavy atom. The molecule has 1 aliphatic carbocycles. The van der Waals surface area contributed by atoms with Gasteiger partial charge in [0, 0.05) is 38.9 Å². The van der Waals surface area contributed by atoms with E-state index in [1.807, 2.05) is 31.5 Å². The standard InChI is InChI=1S/C9H10NO2.C7H8N2O.C2H6.Y/c1-6-4-3-5-8(9(6)11)7(2)10-12;1-6(9-10)7-4-2-3-5-8-7;1-2;/h4-5,10,12H,1-2H3;2-5,10H,1H3;1-2H3;/q-1;;;/b;9-6-;;. The van der Waals surface area contributed by atoms with Crippen LogP contribution >= 0.6 is 0 Å². The first-order valence-corrected chi connectivity index (χ1v) is 7.53. The Morgan fingerprint density at radius 1 is 1.28 bits per heavy atom. The van der Waals surface area contributed by atoms with E-state index in [9.17, 15) is 4.79 Å². The molecule has 0 saturated heterocycles. The summed E-state index contributed by atoms with van der Waals surface area (Å²) < 4.78 is 0. The number of hydrogen-bond donors (Lipinski definition) is 3. The van der Waals surface area contributed by atoms with Crippen LogP contribution in [0.4, 0.5) is 0 Å². The van der Waals surface area contributed by atoms with Crippen LogP contribution in [0, 0.1) is 6.08 Å². The number of hydrogen-bond acceptors (Lipinski definition) is 6. The fourth-order valence-electron chi connectivity index (χ4n) is 1.56. The number of oxime groups is 1. The molecule has 133 valence electrons. The average Bonchev–Trinajstić information content (AvgIpc) is 2.65. The van der Waals surface area contributed by atoms with Crippen molar-refractivity contribution in [1.29, 1.82) is 0 Å². The molecule has 1 aliphatic rings. The number of carbonyl (C=O) groups excluding carboxylic acids is 1. The Morgan fingerprint density at radius 2 is 1.92 bits per heavy atom. The molecule has 7 heteroatoms. The normalized spacial score (nSPS) is 14.7. The van der Waals surface area contributed by atoms with Gasteiger partial charge in [0.1, 0.15) is 5.71 Å². The van der Waals surface area contributed by atoms with Crippen molar-refractivity contribution >= 4 is 11.5 Å². The smallest absolute Gasteiger partial charge is 0.102 e. The zero-order valence-corrected chi connectivity index (χ0v) is 18.1. The van der Waals surface area contributed by atoms with E-state index in [0.29, 0.717) is 28.2 Å². The molecule has 0 amide bonds. The van der Waals surface area contributed by atoms with Gasteiger partial charge in [0.05, 0.1) is 11.5 Å². The molecular weight excluding hydrogens is 395 g/mol. The molecule has 25 heavy (non-hydrogen) atoms. The van der Waals surface area contributed by atoms with Crippen LogP contribution in [0.2, 0.25) is 0 Å². The van der Waals surface area contributed by atoms with Gasteiger partial charge in [-0.15, -0.1) is 5.57 Å². The van der Waals surface area contributed by atoms with Crippen LogP contribution in [0.15, 0.2) is 58.5 Å². The minimum Gasteiger partial charge on any atom is -0.411 e. The minimum absolute atomic E-state index is 0. The maximum absolute atomic E-state index is 11.4. The molecule has 0 bridgehead atoms. The largest absolute Gasteiger partial charge is 0.411 e. The molecule has 1 heterocycles. The molecule has 0 fully saturated rings. The fourth-order valence-corrected chi connectivity index (χ4v) is 1.56. The molecule has 3 N–H and O–H groups in total. The van der Waals surface area contributed by atoms with Gasteiger partial charge in [-0.1, -0.05) is 37.6 Å².